The van der Waals surface area contributed by atoms with Gasteiger partial charge in [-0.2, -0.15) is 0 Å². The van der Waals surface area contributed by atoms with E-state index in [1.165, 1.54) is 0 Å². The van der Waals surface area contributed by atoms with Gasteiger partial charge in [-0.1, -0.05) is 24.0 Å². The molecule has 2 rings (SSSR count). The number of halogens is 1. The minimum absolute atomic E-state index is 0.331. The molecule has 7 heteroatoms. The second kappa shape index (κ2) is 11.4. The summed E-state index contributed by atoms with van der Waals surface area (Å²) in [6.07, 6.45) is 0. The fourth-order valence-corrected chi connectivity index (χ4v) is 2.84. The van der Waals surface area contributed by atoms with Crippen LogP contribution in [0.4, 0.5) is 4.39 Å². The quantitative estimate of drug-likeness (QED) is 0.360. The van der Waals surface area contributed by atoms with Gasteiger partial charge in [0, 0.05) is 35.3 Å². The number of nitrogens with one attached hydrogen (secondary N) is 2. The fraction of sp³-hybridized carbons (Fsp3) is 0.333. The van der Waals surface area contributed by atoms with Crippen molar-refractivity contribution in [1.82, 2.24) is 10.6 Å². The van der Waals surface area contributed by atoms with E-state index in [2.05, 4.69) is 22.5 Å². The first kappa shape index (κ1) is 24.2. The van der Waals surface area contributed by atoms with Crippen molar-refractivity contribution >= 4 is 11.7 Å². The number of alkyl halides is 1. The highest BCUT2D eigenvalue weighted by atomic mass is 19.1. The number of Topliss-reactive ketones (excluding diaryl/α,β-unsaturated/α-hetero) is 1. The monoisotopic (exact) mass is 425 g/mol. The first-order valence-electron chi connectivity index (χ1n) is 9.95. The van der Waals surface area contributed by atoms with Gasteiger partial charge in [-0.25, -0.2) is 4.39 Å². The number of hydrogen-bond donors (Lipinski definition) is 4. The molecular weight excluding hydrogens is 397 g/mol. The van der Waals surface area contributed by atoms with Gasteiger partial charge in [-0.15, -0.1) is 0 Å². The molecule has 0 unspecified atom stereocenters. The minimum Gasteiger partial charge on any atom is -0.388 e. The zero-order valence-electron chi connectivity index (χ0n) is 17.7. The maximum atomic E-state index is 12.5. The molecule has 31 heavy (non-hydrogen) atoms. The first-order valence-corrected chi connectivity index (χ1v) is 9.95. The highest BCUT2D eigenvalue weighted by molar-refractivity contribution is 5.98. The Hall–Kier alpha value is -3.05. The van der Waals surface area contributed by atoms with Crippen LogP contribution in [0.15, 0.2) is 48.5 Å². The van der Waals surface area contributed by atoms with Crippen molar-refractivity contribution in [2.45, 2.75) is 32.0 Å². The van der Waals surface area contributed by atoms with E-state index in [-0.39, 0.29) is 0 Å². The first-order chi connectivity index (χ1) is 14.7. The predicted molar refractivity (Wildman–Crippen MR) is 118 cm³/mol. The van der Waals surface area contributed by atoms with E-state index in [0.29, 0.717) is 18.7 Å². The summed E-state index contributed by atoms with van der Waals surface area (Å²) in [5.74, 6) is 5.09. The Kier molecular flexibility index (Phi) is 8.88. The Bertz CT molecular complexity index is 939. The van der Waals surface area contributed by atoms with Crippen molar-refractivity contribution < 1.29 is 19.1 Å². The molecule has 2 aromatic carbocycles. The molecule has 0 heterocycles. The Morgan fingerprint density at radius 1 is 1.06 bits per heavy atom. The molecule has 0 aliphatic heterocycles. The summed E-state index contributed by atoms with van der Waals surface area (Å²) in [6, 6.07) is 13.3. The van der Waals surface area contributed by atoms with Crippen molar-refractivity contribution in [3.8, 4) is 11.8 Å². The van der Waals surface area contributed by atoms with Crippen LogP contribution >= 0.6 is 0 Å². The lowest BCUT2D eigenvalue weighted by Crippen LogP contribution is -2.59. The van der Waals surface area contributed by atoms with E-state index < -0.39 is 36.6 Å². The van der Waals surface area contributed by atoms with Gasteiger partial charge in [0.05, 0.1) is 0 Å². The van der Waals surface area contributed by atoms with Gasteiger partial charge in [0.25, 0.3) is 5.91 Å². The molecule has 164 valence electrons. The fourth-order valence-electron chi connectivity index (χ4n) is 2.84. The molecule has 0 radical (unpaired) electrons. The summed E-state index contributed by atoms with van der Waals surface area (Å²) in [5.41, 5.74) is 7.92. The zero-order valence-corrected chi connectivity index (χ0v) is 17.7. The summed E-state index contributed by atoms with van der Waals surface area (Å²) in [6.45, 7) is 3.06. The highest BCUT2D eigenvalue weighted by Crippen LogP contribution is 2.10. The van der Waals surface area contributed by atoms with E-state index in [9.17, 15) is 14.0 Å². The maximum absolute atomic E-state index is 12.5. The van der Waals surface area contributed by atoms with Crippen LogP contribution in [-0.4, -0.2) is 48.2 Å². The molecule has 0 saturated carbocycles. The Morgan fingerprint density at radius 3 is 2.10 bits per heavy atom. The second-order valence-corrected chi connectivity index (χ2v) is 7.74. The van der Waals surface area contributed by atoms with E-state index in [0.717, 1.165) is 16.7 Å². The maximum Gasteiger partial charge on any atom is 0.251 e. The standard InChI is InChI=1S/C24H28FN3O3/c1-24(2,26)22(21(30)16-29)28-23(31)20-11-9-18(10-12-20)4-3-17-5-7-19(8-6-17)15-27-14-13-25/h5-12,22,27,29H,13-16,26H2,1-2H3,(H,28,31)/t22-/m1/s1. The van der Waals surface area contributed by atoms with Crippen molar-refractivity contribution in [1.29, 1.82) is 0 Å². The van der Waals surface area contributed by atoms with Gasteiger partial charge < -0.3 is 21.5 Å². The van der Waals surface area contributed by atoms with E-state index in [1.807, 2.05) is 24.3 Å². The third-order valence-electron chi connectivity index (χ3n) is 4.55. The molecule has 6 nitrogen and oxygen atoms in total. The Morgan fingerprint density at radius 2 is 1.61 bits per heavy atom. The average Bonchev–Trinajstić information content (AvgIpc) is 2.76. The molecule has 0 fully saturated rings. The van der Waals surface area contributed by atoms with Crippen molar-refractivity contribution in [3.05, 3.63) is 70.8 Å². The molecule has 0 spiro atoms. The second-order valence-electron chi connectivity index (χ2n) is 7.74. The van der Waals surface area contributed by atoms with Crippen LogP contribution < -0.4 is 16.4 Å². The number of amides is 1. The van der Waals surface area contributed by atoms with Crippen LogP contribution in [0, 0.1) is 11.8 Å². The van der Waals surface area contributed by atoms with Crippen LogP contribution in [0.25, 0.3) is 0 Å². The average molecular weight is 426 g/mol. The number of carbonyl (C=O) groups excluding carboxylic acids is 2. The molecule has 0 aromatic heterocycles. The lowest BCUT2D eigenvalue weighted by Gasteiger charge is -2.29. The van der Waals surface area contributed by atoms with Crippen molar-refractivity contribution in [3.63, 3.8) is 0 Å². The third kappa shape index (κ3) is 7.61. The summed E-state index contributed by atoms with van der Waals surface area (Å²) in [4.78, 5) is 24.4. The molecule has 0 bridgehead atoms. The number of rotatable bonds is 9. The molecule has 1 amide bonds. The SMILES string of the molecule is CC(C)(N)[C@H](NC(=O)c1ccc(C#Cc2ccc(CNCCF)cc2)cc1)C(=O)CO. The number of ketones is 1. The summed E-state index contributed by atoms with van der Waals surface area (Å²) in [7, 11) is 0. The van der Waals surface area contributed by atoms with Gasteiger partial charge in [-0.05, 0) is 55.8 Å². The molecule has 1 atom stereocenters. The van der Waals surface area contributed by atoms with E-state index >= 15 is 0 Å². The predicted octanol–water partition coefficient (Wildman–Crippen LogP) is 1.54. The van der Waals surface area contributed by atoms with Crippen LogP contribution in [0.3, 0.4) is 0 Å². The van der Waals surface area contributed by atoms with Crippen LogP contribution in [0.2, 0.25) is 0 Å². The molecule has 0 saturated heterocycles. The Balaban J connectivity index is 2.02. The van der Waals surface area contributed by atoms with Crippen LogP contribution in [0.1, 0.15) is 40.9 Å². The minimum atomic E-state index is -1.01. The van der Waals surface area contributed by atoms with Gasteiger partial charge in [0.15, 0.2) is 5.78 Å². The summed E-state index contributed by atoms with van der Waals surface area (Å²) in [5, 5.41) is 14.7. The topological polar surface area (TPSA) is 104 Å². The highest BCUT2D eigenvalue weighted by Gasteiger charge is 2.32. The lowest BCUT2D eigenvalue weighted by atomic mass is 9.92. The number of benzene rings is 2. The summed E-state index contributed by atoms with van der Waals surface area (Å²) < 4.78 is 12.1. The number of aliphatic hydroxyl groups is 1. The Labute approximate surface area is 182 Å². The van der Waals surface area contributed by atoms with Gasteiger partial charge in [0.2, 0.25) is 0 Å². The smallest absolute Gasteiger partial charge is 0.251 e. The molecule has 2 aromatic rings. The number of nitrogens with two attached hydrogens (primary N) is 1. The lowest BCUT2D eigenvalue weighted by molar-refractivity contribution is -0.124. The van der Waals surface area contributed by atoms with E-state index in [1.54, 1.807) is 38.1 Å². The number of carbonyl (C=O) groups is 2. The largest absolute Gasteiger partial charge is 0.388 e. The van der Waals surface area contributed by atoms with E-state index in [4.69, 9.17) is 10.8 Å². The molecular formula is C24H28FN3O3. The van der Waals surface area contributed by atoms with Crippen LogP contribution in [0.5, 0.6) is 0 Å². The van der Waals surface area contributed by atoms with Gasteiger partial charge >= 0.3 is 0 Å². The molecule has 0 aliphatic carbocycles. The van der Waals surface area contributed by atoms with Gasteiger partial charge in [-0.3, -0.25) is 9.59 Å². The number of aliphatic hydroxyl groups excluding tert-OH is 1. The zero-order chi connectivity index (χ0) is 22.9. The molecule has 0 aliphatic rings. The number of hydrogen-bond acceptors (Lipinski definition) is 5. The van der Waals surface area contributed by atoms with Gasteiger partial charge in [0.1, 0.15) is 19.3 Å². The molecule has 5 N–H and O–H groups in total. The van der Waals surface area contributed by atoms with Crippen molar-refractivity contribution in [2.24, 2.45) is 5.73 Å². The van der Waals surface area contributed by atoms with Crippen molar-refractivity contribution in [2.75, 3.05) is 19.8 Å². The third-order valence-corrected chi connectivity index (χ3v) is 4.55. The summed E-state index contributed by atoms with van der Waals surface area (Å²) >= 11 is 0. The normalized spacial score (nSPS) is 11.9. The van der Waals surface area contributed by atoms with Crippen LogP contribution in [-0.2, 0) is 11.3 Å².